The van der Waals surface area contributed by atoms with E-state index in [2.05, 4.69) is 11.2 Å². The first-order valence-corrected chi connectivity index (χ1v) is 4.95. The fourth-order valence-corrected chi connectivity index (χ4v) is 1.94. The number of hydrogen-bond donors (Lipinski definition) is 1. The van der Waals surface area contributed by atoms with Gasteiger partial charge in [0, 0.05) is 0 Å². The van der Waals surface area contributed by atoms with Crippen LogP contribution in [0.15, 0.2) is 11.4 Å². The highest BCUT2D eigenvalue weighted by atomic mass is 32.1. The highest BCUT2D eigenvalue weighted by molar-refractivity contribution is 7.12. The van der Waals surface area contributed by atoms with E-state index in [0.717, 1.165) is 16.9 Å². The van der Waals surface area contributed by atoms with Gasteiger partial charge in [0.15, 0.2) is 0 Å². The molecule has 0 atom stereocenters. The molecule has 3 heteroatoms. The van der Waals surface area contributed by atoms with Crippen LogP contribution in [-0.4, -0.2) is 12.5 Å². The molecular weight excluding hydrogens is 182 g/mol. The predicted octanol–water partition coefficient (Wildman–Crippen LogP) is 1.67. The minimum Gasteiger partial charge on any atom is -0.340 e. The van der Waals surface area contributed by atoms with E-state index in [1.54, 1.807) is 0 Å². The maximum atomic E-state index is 11.4. The van der Waals surface area contributed by atoms with Crippen LogP contribution >= 0.6 is 11.3 Å². The van der Waals surface area contributed by atoms with Crippen LogP contribution in [0.5, 0.6) is 0 Å². The van der Waals surface area contributed by atoms with Crippen LogP contribution in [0, 0.1) is 12.3 Å². The van der Waals surface area contributed by atoms with Crippen molar-refractivity contribution in [2.24, 2.45) is 0 Å². The fourth-order valence-electron chi connectivity index (χ4n) is 1.02. The Morgan fingerprint density at radius 1 is 1.77 bits per heavy atom. The second-order valence-electron chi connectivity index (χ2n) is 2.52. The van der Waals surface area contributed by atoms with E-state index in [-0.39, 0.29) is 5.91 Å². The summed E-state index contributed by atoms with van der Waals surface area (Å²) in [4.78, 5) is 12.2. The number of carbonyl (C=O) groups excluding carboxylic acids is 1. The molecule has 1 aromatic rings. The molecule has 68 valence electrons. The maximum absolute atomic E-state index is 11.4. The molecule has 1 heterocycles. The molecule has 1 amide bonds. The molecule has 1 N–H and O–H groups in total. The Kier molecular flexibility index (Phi) is 3.53. The molecule has 2 nitrogen and oxygen atoms in total. The van der Waals surface area contributed by atoms with E-state index in [1.807, 2.05) is 18.4 Å². The van der Waals surface area contributed by atoms with Gasteiger partial charge < -0.3 is 5.32 Å². The van der Waals surface area contributed by atoms with E-state index in [4.69, 9.17) is 6.42 Å². The fraction of sp³-hybridized carbons (Fsp3) is 0.300. The summed E-state index contributed by atoms with van der Waals surface area (Å²) >= 11 is 1.45. The van der Waals surface area contributed by atoms with Crippen molar-refractivity contribution >= 4 is 17.2 Å². The van der Waals surface area contributed by atoms with Gasteiger partial charge in [0.25, 0.3) is 5.91 Å². The van der Waals surface area contributed by atoms with Gasteiger partial charge in [-0.05, 0) is 23.4 Å². The van der Waals surface area contributed by atoms with Crippen molar-refractivity contribution in [2.45, 2.75) is 13.3 Å². The number of hydrogen-bond acceptors (Lipinski definition) is 2. The molecule has 0 fully saturated rings. The van der Waals surface area contributed by atoms with Crippen molar-refractivity contribution in [1.82, 2.24) is 5.32 Å². The zero-order chi connectivity index (χ0) is 9.68. The Morgan fingerprint density at radius 3 is 3.15 bits per heavy atom. The molecule has 13 heavy (non-hydrogen) atoms. The number of rotatable bonds is 3. The standard InChI is InChI=1S/C10H11NOS/c1-3-6-11-10(12)9-8(4-2)5-7-13-9/h1,5,7H,4,6H2,2H3,(H,11,12). The van der Waals surface area contributed by atoms with Crippen LogP contribution < -0.4 is 5.32 Å². The van der Waals surface area contributed by atoms with Gasteiger partial charge >= 0.3 is 0 Å². The zero-order valence-corrected chi connectivity index (χ0v) is 8.28. The van der Waals surface area contributed by atoms with E-state index < -0.39 is 0 Å². The minimum atomic E-state index is -0.0650. The Hall–Kier alpha value is -1.27. The van der Waals surface area contributed by atoms with Crippen LogP contribution in [0.2, 0.25) is 0 Å². The summed E-state index contributed by atoms with van der Waals surface area (Å²) in [5, 5.41) is 4.57. The lowest BCUT2D eigenvalue weighted by atomic mass is 10.2. The molecule has 1 rings (SSSR count). The van der Waals surface area contributed by atoms with E-state index in [9.17, 15) is 4.79 Å². The molecule has 0 spiro atoms. The number of aryl methyl sites for hydroxylation is 1. The second-order valence-corrected chi connectivity index (χ2v) is 3.43. The SMILES string of the molecule is C#CCNC(=O)c1sccc1CC. The smallest absolute Gasteiger partial charge is 0.262 e. The lowest BCUT2D eigenvalue weighted by Gasteiger charge is -2.00. The lowest BCUT2D eigenvalue weighted by Crippen LogP contribution is -2.23. The monoisotopic (exact) mass is 193 g/mol. The zero-order valence-electron chi connectivity index (χ0n) is 7.46. The van der Waals surface area contributed by atoms with Gasteiger partial charge in [-0.3, -0.25) is 4.79 Å². The van der Waals surface area contributed by atoms with Gasteiger partial charge in [0.05, 0.1) is 11.4 Å². The van der Waals surface area contributed by atoms with E-state index >= 15 is 0 Å². The summed E-state index contributed by atoms with van der Waals surface area (Å²) in [5.41, 5.74) is 1.08. The van der Waals surface area contributed by atoms with Crippen molar-refractivity contribution in [3.05, 3.63) is 21.9 Å². The van der Waals surface area contributed by atoms with E-state index in [1.165, 1.54) is 11.3 Å². The number of thiophene rings is 1. The number of nitrogens with one attached hydrogen (secondary N) is 1. The minimum absolute atomic E-state index is 0.0650. The number of terminal acetylenes is 1. The third-order valence-electron chi connectivity index (χ3n) is 1.68. The van der Waals surface area contributed by atoms with Crippen molar-refractivity contribution < 1.29 is 4.79 Å². The summed E-state index contributed by atoms with van der Waals surface area (Å²) in [7, 11) is 0. The topological polar surface area (TPSA) is 29.1 Å². The highest BCUT2D eigenvalue weighted by Gasteiger charge is 2.10. The first kappa shape index (κ1) is 9.82. The third-order valence-corrected chi connectivity index (χ3v) is 2.64. The molecule has 0 aromatic carbocycles. The lowest BCUT2D eigenvalue weighted by molar-refractivity contribution is 0.0962. The van der Waals surface area contributed by atoms with Crippen LogP contribution in [0.4, 0.5) is 0 Å². The maximum Gasteiger partial charge on any atom is 0.262 e. The molecule has 0 saturated carbocycles. The first-order chi connectivity index (χ1) is 6.29. The van der Waals surface area contributed by atoms with Crippen molar-refractivity contribution in [2.75, 3.05) is 6.54 Å². The number of amides is 1. The molecule has 0 saturated heterocycles. The van der Waals surface area contributed by atoms with Gasteiger partial charge in [-0.2, -0.15) is 0 Å². The molecule has 0 unspecified atom stereocenters. The van der Waals surface area contributed by atoms with Gasteiger partial charge in [-0.15, -0.1) is 17.8 Å². The molecule has 1 aromatic heterocycles. The highest BCUT2D eigenvalue weighted by Crippen LogP contribution is 2.16. The molecular formula is C10H11NOS. The second kappa shape index (κ2) is 4.68. The van der Waals surface area contributed by atoms with Gasteiger partial charge in [-0.25, -0.2) is 0 Å². The van der Waals surface area contributed by atoms with Gasteiger partial charge in [-0.1, -0.05) is 12.8 Å². The Labute approximate surface area is 82.0 Å². The molecule has 0 bridgehead atoms. The first-order valence-electron chi connectivity index (χ1n) is 4.07. The van der Waals surface area contributed by atoms with E-state index in [0.29, 0.717) is 6.54 Å². The predicted molar refractivity (Wildman–Crippen MR) is 54.9 cm³/mol. The molecule has 0 aliphatic heterocycles. The average molecular weight is 193 g/mol. The largest absolute Gasteiger partial charge is 0.340 e. The molecule has 0 aliphatic rings. The van der Waals surface area contributed by atoms with Gasteiger partial charge in [0.2, 0.25) is 0 Å². The van der Waals surface area contributed by atoms with Crippen molar-refractivity contribution in [3.63, 3.8) is 0 Å². The van der Waals surface area contributed by atoms with Crippen LogP contribution in [0.25, 0.3) is 0 Å². The molecule has 0 radical (unpaired) electrons. The van der Waals surface area contributed by atoms with Crippen molar-refractivity contribution in [1.29, 1.82) is 0 Å². The Balaban J connectivity index is 2.71. The number of carbonyl (C=O) groups is 1. The summed E-state index contributed by atoms with van der Waals surface area (Å²) in [6.45, 7) is 2.32. The van der Waals surface area contributed by atoms with Crippen LogP contribution in [-0.2, 0) is 6.42 Å². The average Bonchev–Trinajstić information content (AvgIpc) is 2.61. The summed E-state index contributed by atoms with van der Waals surface area (Å²) in [6, 6.07) is 1.97. The van der Waals surface area contributed by atoms with Crippen LogP contribution in [0.3, 0.4) is 0 Å². The quantitative estimate of drug-likeness (QED) is 0.727. The third kappa shape index (κ3) is 2.33. The summed E-state index contributed by atoms with van der Waals surface area (Å²) < 4.78 is 0. The van der Waals surface area contributed by atoms with Gasteiger partial charge in [0.1, 0.15) is 0 Å². The Morgan fingerprint density at radius 2 is 2.54 bits per heavy atom. The summed E-state index contributed by atoms with van der Waals surface area (Å²) in [5.74, 6) is 2.31. The van der Waals surface area contributed by atoms with Crippen molar-refractivity contribution in [3.8, 4) is 12.3 Å². The normalized spacial score (nSPS) is 9.23. The molecule has 0 aliphatic carbocycles. The van der Waals surface area contributed by atoms with Crippen LogP contribution in [0.1, 0.15) is 22.2 Å². The summed E-state index contributed by atoms with van der Waals surface area (Å²) in [6.07, 6.45) is 5.92. The Bertz CT molecular complexity index is 335.